The van der Waals surface area contributed by atoms with E-state index in [-0.39, 0.29) is 24.5 Å². The van der Waals surface area contributed by atoms with Crippen molar-refractivity contribution in [3.63, 3.8) is 0 Å². The molecule has 0 spiro atoms. The molecule has 2 N–H and O–H groups in total. The third-order valence-corrected chi connectivity index (χ3v) is 6.86. The molecule has 0 unspecified atom stereocenters. The fourth-order valence-electron chi connectivity index (χ4n) is 5.20. The van der Waals surface area contributed by atoms with E-state index in [2.05, 4.69) is 21.8 Å². The number of likely N-dealkylation sites (tertiary alicyclic amines) is 1. The lowest BCUT2D eigenvalue weighted by molar-refractivity contribution is -0.122. The lowest BCUT2D eigenvalue weighted by Crippen LogP contribution is -2.55. The summed E-state index contributed by atoms with van der Waals surface area (Å²) in [4.78, 5) is 32.7. The number of piperazine rings is 1. The summed E-state index contributed by atoms with van der Waals surface area (Å²) in [5.41, 5.74) is 2.47. The van der Waals surface area contributed by atoms with Crippen molar-refractivity contribution in [2.75, 3.05) is 46.3 Å². The Bertz CT molecular complexity index is 751. The summed E-state index contributed by atoms with van der Waals surface area (Å²) in [6.07, 6.45) is 1.55. The van der Waals surface area contributed by atoms with Crippen LogP contribution in [0.2, 0.25) is 0 Å². The van der Waals surface area contributed by atoms with Gasteiger partial charge in [-0.25, -0.2) is 0 Å². The summed E-state index contributed by atoms with van der Waals surface area (Å²) in [5.74, 6) is 1.02. The molecule has 166 valence electrons. The third kappa shape index (κ3) is 4.99. The van der Waals surface area contributed by atoms with Crippen molar-refractivity contribution >= 4 is 12.4 Å². The van der Waals surface area contributed by atoms with E-state index in [0.717, 1.165) is 69.1 Å². The minimum Gasteiger partial charge on any atom is -0.483 e. The first-order valence-electron chi connectivity index (χ1n) is 10.8. The van der Waals surface area contributed by atoms with Crippen molar-refractivity contribution in [3.8, 4) is 0 Å². The summed E-state index contributed by atoms with van der Waals surface area (Å²) in [5, 5.41) is 17.7. The molecule has 0 aromatic carbocycles. The highest BCUT2D eigenvalue weighted by Crippen LogP contribution is 2.39. The maximum absolute atomic E-state index is 13.0. The number of likely N-dealkylation sites (N-methyl/N-ethyl adjacent to an activating group) is 1. The molecule has 2 aliphatic heterocycles. The molecule has 3 fully saturated rings. The van der Waals surface area contributed by atoms with E-state index in [1.54, 1.807) is 0 Å². The van der Waals surface area contributed by atoms with E-state index in [1.807, 2.05) is 30.9 Å². The first kappa shape index (κ1) is 22.7. The monoisotopic (exact) mass is 418 g/mol. The van der Waals surface area contributed by atoms with Gasteiger partial charge >= 0.3 is 0 Å². The minimum absolute atomic E-state index is 0.0973. The Morgan fingerprint density at radius 3 is 2.30 bits per heavy atom. The predicted octanol–water partition coefficient (Wildman–Crippen LogP) is 0.858. The number of carbonyl (C=O) groups is 2. The number of fused-ring (bicyclic) bond motifs is 1. The number of pyridine rings is 1. The lowest BCUT2D eigenvalue weighted by atomic mass is 9.77. The van der Waals surface area contributed by atoms with Gasteiger partial charge in [0.15, 0.2) is 0 Å². The van der Waals surface area contributed by atoms with Gasteiger partial charge in [-0.3, -0.25) is 19.5 Å². The highest BCUT2D eigenvalue weighted by Gasteiger charge is 2.45. The molecule has 0 radical (unpaired) electrons. The van der Waals surface area contributed by atoms with Gasteiger partial charge in [-0.05, 0) is 57.7 Å². The van der Waals surface area contributed by atoms with Gasteiger partial charge < -0.3 is 20.0 Å². The van der Waals surface area contributed by atoms with Crippen molar-refractivity contribution in [3.05, 3.63) is 29.1 Å². The standard InChI is InChI=1S/C21H32N4O2.CH2O2/c1-14-4-5-18(15(2)22-14)21(27)25-12-16-10-19(20(26)11-17(16)13-25)24-8-6-23(3)7-9-24;2-1-3/h4-5,16-17,19-20,26H,6-13H2,1-3H3;1H,(H,2,3)/t16-,17+,19-,20-;/m1./s1. The van der Waals surface area contributed by atoms with Crippen LogP contribution in [0.3, 0.4) is 0 Å². The van der Waals surface area contributed by atoms with Crippen LogP contribution in [0.4, 0.5) is 0 Å². The molecule has 3 heterocycles. The molecule has 1 aromatic rings. The Kier molecular flexibility index (Phi) is 7.44. The van der Waals surface area contributed by atoms with E-state index in [1.165, 1.54) is 0 Å². The molecular formula is C22H34N4O4. The Hall–Kier alpha value is -2.03. The number of aromatic nitrogens is 1. The number of aliphatic hydroxyl groups excluding tert-OH is 1. The normalized spacial score (nSPS) is 29.7. The number of aryl methyl sites for hydroxylation is 2. The number of carboxylic acid groups (broad SMARTS) is 1. The molecule has 1 aliphatic carbocycles. The number of aliphatic hydroxyl groups is 1. The van der Waals surface area contributed by atoms with Crippen LogP contribution < -0.4 is 0 Å². The summed E-state index contributed by atoms with van der Waals surface area (Å²) in [6, 6.07) is 4.07. The zero-order chi connectivity index (χ0) is 21.8. The molecule has 1 saturated carbocycles. The maximum Gasteiger partial charge on any atom is 0.290 e. The quantitative estimate of drug-likeness (QED) is 0.688. The number of nitrogens with zero attached hydrogens (tertiary/aromatic N) is 4. The van der Waals surface area contributed by atoms with Crippen LogP contribution in [-0.4, -0.2) is 101 Å². The fourth-order valence-corrected chi connectivity index (χ4v) is 5.20. The van der Waals surface area contributed by atoms with Crippen LogP contribution in [0.25, 0.3) is 0 Å². The van der Waals surface area contributed by atoms with Gasteiger partial charge in [0, 0.05) is 51.0 Å². The molecule has 8 heteroatoms. The van der Waals surface area contributed by atoms with Crippen LogP contribution in [0.15, 0.2) is 12.1 Å². The molecule has 1 aromatic heterocycles. The van der Waals surface area contributed by atoms with E-state index in [9.17, 15) is 9.90 Å². The highest BCUT2D eigenvalue weighted by molar-refractivity contribution is 5.95. The van der Waals surface area contributed by atoms with Gasteiger partial charge in [-0.15, -0.1) is 0 Å². The number of hydrogen-bond donors (Lipinski definition) is 2. The second-order valence-electron chi connectivity index (χ2n) is 8.87. The Balaban J connectivity index is 0.000000806. The second kappa shape index (κ2) is 9.85. The van der Waals surface area contributed by atoms with Crippen LogP contribution >= 0.6 is 0 Å². The van der Waals surface area contributed by atoms with Gasteiger partial charge in [-0.1, -0.05) is 0 Å². The van der Waals surface area contributed by atoms with E-state index >= 15 is 0 Å². The fraction of sp³-hybridized carbons (Fsp3) is 0.682. The SMILES string of the molecule is Cc1ccc(C(=O)N2C[C@H]3C[C@@H](N4CCN(C)CC4)[C@H](O)C[C@H]3C2)c(C)n1.O=CO. The summed E-state index contributed by atoms with van der Waals surface area (Å²) < 4.78 is 0. The average Bonchev–Trinajstić information content (AvgIpc) is 3.11. The minimum atomic E-state index is -0.271. The zero-order valence-electron chi connectivity index (χ0n) is 18.2. The van der Waals surface area contributed by atoms with Crippen molar-refractivity contribution in [2.45, 2.75) is 38.8 Å². The Labute approximate surface area is 178 Å². The number of hydrogen-bond acceptors (Lipinski definition) is 6. The van der Waals surface area contributed by atoms with Crippen molar-refractivity contribution < 1.29 is 19.8 Å². The summed E-state index contributed by atoms with van der Waals surface area (Å²) in [7, 11) is 2.16. The molecule has 4 rings (SSSR count). The van der Waals surface area contributed by atoms with E-state index in [4.69, 9.17) is 9.90 Å². The molecular weight excluding hydrogens is 384 g/mol. The predicted molar refractivity (Wildman–Crippen MR) is 113 cm³/mol. The van der Waals surface area contributed by atoms with Gasteiger partial charge in [0.05, 0.1) is 17.4 Å². The average molecular weight is 419 g/mol. The number of carbonyl (C=O) groups excluding carboxylic acids is 1. The molecule has 1 amide bonds. The molecule has 2 saturated heterocycles. The second-order valence-corrected chi connectivity index (χ2v) is 8.87. The first-order chi connectivity index (χ1) is 14.3. The van der Waals surface area contributed by atoms with Gasteiger partial charge in [0.2, 0.25) is 0 Å². The Morgan fingerprint density at radius 2 is 1.70 bits per heavy atom. The van der Waals surface area contributed by atoms with Gasteiger partial charge in [0.1, 0.15) is 0 Å². The summed E-state index contributed by atoms with van der Waals surface area (Å²) in [6.45, 7) is 9.40. The van der Waals surface area contributed by atoms with Crippen LogP contribution in [-0.2, 0) is 4.79 Å². The largest absolute Gasteiger partial charge is 0.483 e. The molecule has 30 heavy (non-hydrogen) atoms. The maximum atomic E-state index is 13.0. The smallest absolute Gasteiger partial charge is 0.290 e. The third-order valence-electron chi connectivity index (χ3n) is 6.86. The Morgan fingerprint density at radius 1 is 1.10 bits per heavy atom. The molecule has 3 aliphatic rings. The van der Waals surface area contributed by atoms with Crippen LogP contribution in [0, 0.1) is 25.7 Å². The van der Waals surface area contributed by atoms with Crippen molar-refractivity contribution in [1.29, 1.82) is 0 Å². The molecule has 0 bridgehead atoms. The van der Waals surface area contributed by atoms with Crippen molar-refractivity contribution in [2.24, 2.45) is 11.8 Å². The molecule has 8 nitrogen and oxygen atoms in total. The number of amides is 1. The van der Waals surface area contributed by atoms with Crippen molar-refractivity contribution in [1.82, 2.24) is 19.7 Å². The van der Waals surface area contributed by atoms with E-state index < -0.39 is 0 Å². The molecule has 4 atom stereocenters. The van der Waals surface area contributed by atoms with Gasteiger partial charge in [0.25, 0.3) is 12.4 Å². The summed E-state index contributed by atoms with van der Waals surface area (Å²) >= 11 is 0. The zero-order valence-corrected chi connectivity index (χ0v) is 18.2. The van der Waals surface area contributed by atoms with Gasteiger partial charge in [-0.2, -0.15) is 0 Å². The first-order valence-corrected chi connectivity index (χ1v) is 10.8. The van der Waals surface area contributed by atoms with Crippen LogP contribution in [0.1, 0.15) is 34.6 Å². The number of rotatable bonds is 2. The van der Waals surface area contributed by atoms with E-state index in [0.29, 0.717) is 11.8 Å². The highest BCUT2D eigenvalue weighted by atomic mass is 16.3. The van der Waals surface area contributed by atoms with Crippen LogP contribution in [0.5, 0.6) is 0 Å². The topological polar surface area (TPSA) is 97.2 Å². The lowest BCUT2D eigenvalue weighted by Gasteiger charge is -2.44.